The Labute approximate surface area is 143 Å². The Balaban J connectivity index is 2.37. The Morgan fingerprint density at radius 2 is 1.83 bits per heavy atom. The molecule has 0 radical (unpaired) electrons. The van der Waals surface area contributed by atoms with Gasteiger partial charge < -0.3 is 15.4 Å². The lowest BCUT2D eigenvalue weighted by atomic mass is 9.99. The number of rotatable bonds is 10. The third-order valence-corrected chi connectivity index (χ3v) is 4.50. The van der Waals surface area contributed by atoms with E-state index >= 15 is 0 Å². The Morgan fingerprint density at radius 3 is 2.48 bits per heavy atom. The van der Waals surface area contributed by atoms with Crippen molar-refractivity contribution in [2.24, 2.45) is 4.99 Å². The summed E-state index contributed by atoms with van der Waals surface area (Å²) < 4.78 is 5.08. The lowest BCUT2D eigenvalue weighted by Crippen LogP contribution is -2.49. The highest BCUT2D eigenvalue weighted by atomic mass is 16.5. The first-order valence-corrected chi connectivity index (χ1v) is 9.36. The zero-order valence-corrected chi connectivity index (χ0v) is 15.8. The fourth-order valence-corrected chi connectivity index (χ4v) is 2.97. The number of likely N-dealkylation sites (tertiary alicyclic amines) is 1. The van der Waals surface area contributed by atoms with Crippen LogP contribution in [0.5, 0.6) is 0 Å². The van der Waals surface area contributed by atoms with Gasteiger partial charge in [0.05, 0.1) is 6.54 Å². The van der Waals surface area contributed by atoms with E-state index in [1.165, 1.54) is 38.8 Å². The monoisotopic (exact) mass is 326 g/mol. The Morgan fingerprint density at radius 1 is 1.09 bits per heavy atom. The zero-order chi connectivity index (χ0) is 17.0. The number of guanidine groups is 1. The van der Waals surface area contributed by atoms with Gasteiger partial charge in [-0.25, -0.2) is 0 Å². The maximum atomic E-state index is 5.08. The predicted molar refractivity (Wildman–Crippen MR) is 99.2 cm³/mol. The smallest absolute Gasteiger partial charge is 0.191 e. The second-order valence-corrected chi connectivity index (χ2v) is 7.04. The summed E-state index contributed by atoms with van der Waals surface area (Å²) in [6.45, 7) is 12.7. The summed E-state index contributed by atoms with van der Waals surface area (Å²) in [4.78, 5) is 7.41. The normalized spacial score (nSPS) is 17.3. The number of hydrogen-bond acceptors (Lipinski definition) is 3. The van der Waals surface area contributed by atoms with E-state index in [-0.39, 0.29) is 5.54 Å². The molecule has 0 spiro atoms. The molecule has 23 heavy (non-hydrogen) atoms. The minimum Gasteiger partial charge on any atom is -0.385 e. The van der Waals surface area contributed by atoms with Gasteiger partial charge in [0.25, 0.3) is 0 Å². The summed E-state index contributed by atoms with van der Waals surface area (Å²) in [5, 5.41) is 6.81. The van der Waals surface area contributed by atoms with E-state index in [0.29, 0.717) is 0 Å². The van der Waals surface area contributed by atoms with Gasteiger partial charge in [-0.1, -0.05) is 6.42 Å². The number of nitrogens with zero attached hydrogens (tertiary/aromatic N) is 2. The van der Waals surface area contributed by atoms with Crippen LogP contribution in [-0.4, -0.2) is 62.8 Å². The molecule has 0 atom stereocenters. The standard InChI is InChI=1S/C18H38N4O/c1-5-19-17(20-12-8-6-11-15-23-4)21-16-18(2,3)22-13-9-7-10-14-22/h5-16H2,1-4H3,(H2,19,20,21). The van der Waals surface area contributed by atoms with Crippen molar-refractivity contribution in [1.82, 2.24) is 15.5 Å². The summed E-state index contributed by atoms with van der Waals surface area (Å²) in [5.74, 6) is 0.948. The van der Waals surface area contributed by atoms with Gasteiger partial charge in [-0.2, -0.15) is 0 Å². The van der Waals surface area contributed by atoms with Crippen LogP contribution in [0.4, 0.5) is 0 Å². The van der Waals surface area contributed by atoms with E-state index in [0.717, 1.165) is 45.0 Å². The molecule has 1 aliphatic heterocycles. The summed E-state index contributed by atoms with van der Waals surface area (Å²) in [6, 6.07) is 0. The van der Waals surface area contributed by atoms with E-state index in [1.54, 1.807) is 7.11 Å². The molecule has 1 aliphatic rings. The van der Waals surface area contributed by atoms with E-state index in [9.17, 15) is 0 Å². The molecule has 0 bridgehead atoms. The number of ether oxygens (including phenoxy) is 1. The lowest BCUT2D eigenvalue weighted by Gasteiger charge is -2.40. The second kappa shape index (κ2) is 11.7. The maximum Gasteiger partial charge on any atom is 0.191 e. The van der Waals surface area contributed by atoms with Crippen molar-refractivity contribution >= 4 is 5.96 Å². The molecule has 1 fully saturated rings. The van der Waals surface area contributed by atoms with Gasteiger partial charge in [0.2, 0.25) is 0 Å². The van der Waals surface area contributed by atoms with Crippen LogP contribution in [0, 0.1) is 0 Å². The average molecular weight is 327 g/mol. The van der Waals surface area contributed by atoms with Crippen LogP contribution in [0.2, 0.25) is 0 Å². The fourth-order valence-electron chi connectivity index (χ4n) is 2.97. The lowest BCUT2D eigenvalue weighted by molar-refractivity contribution is 0.102. The maximum absolute atomic E-state index is 5.08. The molecular formula is C18H38N4O. The molecule has 1 saturated heterocycles. The number of hydrogen-bond donors (Lipinski definition) is 2. The molecule has 136 valence electrons. The van der Waals surface area contributed by atoms with Crippen LogP contribution in [0.1, 0.15) is 59.3 Å². The quantitative estimate of drug-likeness (QED) is 0.368. The number of aliphatic imine (C=N–C) groups is 1. The van der Waals surface area contributed by atoms with Crippen LogP contribution in [0.25, 0.3) is 0 Å². The Hall–Kier alpha value is -0.810. The molecule has 5 heteroatoms. The van der Waals surface area contributed by atoms with Crippen LogP contribution in [0.3, 0.4) is 0 Å². The van der Waals surface area contributed by atoms with Gasteiger partial charge in [0, 0.05) is 32.3 Å². The van der Waals surface area contributed by atoms with Crippen LogP contribution < -0.4 is 10.6 Å². The SMILES string of the molecule is CCNC(=NCC(C)(C)N1CCCCC1)NCCCCCOC. The highest BCUT2D eigenvalue weighted by Gasteiger charge is 2.27. The molecule has 0 amide bonds. The predicted octanol–water partition coefficient (Wildman–Crippen LogP) is 2.62. The first-order chi connectivity index (χ1) is 11.1. The van der Waals surface area contributed by atoms with Crippen molar-refractivity contribution in [3.05, 3.63) is 0 Å². The third-order valence-electron chi connectivity index (χ3n) is 4.50. The van der Waals surface area contributed by atoms with E-state index in [2.05, 4.69) is 36.3 Å². The molecule has 0 aromatic rings. The average Bonchev–Trinajstić information content (AvgIpc) is 2.56. The first kappa shape index (κ1) is 20.2. The van der Waals surface area contributed by atoms with Gasteiger partial charge >= 0.3 is 0 Å². The van der Waals surface area contributed by atoms with Gasteiger partial charge in [-0.05, 0) is 66.0 Å². The number of unbranched alkanes of at least 4 members (excludes halogenated alkanes) is 2. The second-order valence-electron chi connectivity index (χ2n) is 7.04. The Kier molecular flexibility index (Phi) is 10.3. The number of piperidine rings is 1. The topological polar surface area (TPSA) is 48.9 Å². The Bertz CT molecular complexity index is 325. The van der Waals surface area contributed by atoms with Crippen molar-refractivity contribution in [2.75, 3.05) is 46.4 Å². The molecule has 0 saturated carbocycles. The van der Waals surface area contributed by atoms with Crippen LogP contribution >= 0.6 is 0 Å². The molecule has 0 aromatic heterocycles. The number of methoxy groups -OCH3 is 1. The van der Waals surface area contributed by atoms with Crippen molar-refractivity contribution in [3.63, 3.8) is 0 Å². The van der Waals surface area contributed by atoms with Crippen molar-refractivity contribution < 1.29 is 4.74 Å². The fraction of sp³-hybridized carbons (Fsp3) is 0.944. The van der Waals surface area contributed by atoms with Gasteiger partial charge in [-0.15, -0.1) is 0 Å². The molecule has 5 nitrogen and oxygen atoms in total. The largest absolute Gasteiger partial charge is 0.385 e. The van der Waals surface area contributed by atoms with Gasteiger partial charge in [-0.3, -0.25) is 9.89 Å². The van der Waals surface area contributed by atoms with E-state index in [1.807, 2.05) is 0 Å². The minimum absolute atomic E-state index is 0.140. The van der Waals surface area contributed by atoms with Crippen molar-refractivity contribution in [3.8, 4) is 0 Å². The van der Waals surface area contributed by atoms with E-state index < -0.39 is 0 Å². The molecule has 1 rings (SSSR count). The van der Waals surface area contributed by atoms with Crippen molar-refractivity contribution in [2.45, 2.75) is 64.8 Å². The molecule has 0 unspecified atom stereocenters. The highest BCUT2D eigenvalue weighted by Crippen LogP contribution is 2.20. The molecular weight excluding hydrogens is 288 g/mol. The van der Waals surface area contributed by atoms with Crippen LogP contribution in [-0.2, 0) is 4.74 Å². The summed E-state index contributed by atoms with van der Waals surface area (Å²) in [7, 11) is 1.76. The summed E-state index contributed by atoms with van der Waals surface area (Å²) in [5.41, 5.74) is 0.140. The molecule has 0 aromatic carbocycles. The van der Waals surface area contributed by atoms with Gasteiger partial charge in [0.15, 0.2) is 5.96 Å². The number of nitrogens with one attached hydrogen (secondary N) is 2. The van der Waals surface area contributed by atoms with Crippen LogP contribution in [0.15, 0.2) is 4.99 Å². The first-order valence-electron chi connectivity index (χ1n) is 9.36. The third kappa shape index (κ3) is 8.56. The van der Waals surface area contributed by atoms with Crippen molar-refractivity contribution in [1.29, 1.82) is 0 Å². The summed E-state index contributed by atoms with van der Waals surface area (Å²) >= 11 is 0. The zero-order valence-electron chi connectivity index (χ0n) is 15.8. The van der Waals surface area contributed by atoms with Gasteiger partial charge in [0.1, 0.15) is 0 Å². The molecule has 2 N–H and O–H groups in total. The molecule has 1 heterocycles. The van der Waals surface area contributed by atoms with E-state index in [4.69, 9.17) is 9.73 Å². The molecule has 0 aliphatic carbocycles. The summed E-state index contributed by atoms with van der Waals surface area (Å²) in [6.07, 6.45) is 7.51. The highest BCUT2D eigenvalue weighted by molar-refractivity contribution is 5.79. The minimum atomic E-state index is 0.140.